The molecule has 2 N–H and O–H groups in total. The number of thioether (sulfide) groups is 1. The minimum absolute atomic E-state index is 0.639. The lowest BCUT2D eigenvalue weighted by molar-refractivity contribution is 0.218. The second kappa shape index (κ2) is 6.05. The molecule has 2 heterocycles. The fourth-order valence-electron chi connectivity index (χ4n) is 1.73. The van der Waals surface area contributed by atoms with Gasteiger partial charge in [0, 0.05) is 25.5 Å². The summed E-state index contributed by atoms with van der Waals surface area (Å²) in [4.78, 5) is 4.62. The van der Waals surface area contributed by atoms with Gasteiger partial charge in [-0.3, -0.25) is 0 Å². The second-order valence-corrected chi connectivity index (χ2v) is 4.76. The molecule has 0 aliphatic rings. The highest BCUT2D eigenvalue weighted by atomic mass is 32.2. The van der Waals surface area contributed by atoms with Crippen molar-refractivity contribution in [3.8, 4) is 0 Å². The summed E-state index contributed by atoms with van der Waals surface area (Å²) in [6, 6.07) is 6.02. The predicted molar refractivity (Wildman–Crippen MR) is 70.6 cm³/mol. The molecule has 4 nitrogen and oxygen atoms in total. The molecule has 2 rings (SSSR count). The van der Waals surface area contributed by atoms with E-state index in [2.05, 4.69) is 9.38 Å². The normalized spacial score (nSPS) is 11.2. The summed E-state index contributed by atoms with van der Waals surface area (Å²) in [6.07, 6.45) is 2.88. The Balaban J connectivity index is 2.29. The van der Waals surface area contributed by atoms with Crippen LogP contribution in [0.3, 0.4) is 0 Å². The predicted octanol–water partition coefficient (Wildman–Crippen LogP) is 1.57. The molecule has 0 spiro atoms. The van der Waals surface area contributed by atoms with Gasteiger partial charge in [0.2, 0.25) is 0 Å². The van der Waals surface area contributed by atoms with E-state index >= 15 is 0 Å². The van der Waals surface area contributed by atoms with Crippen molar-refractivity contribution < 1.29 is 4.74 Å². The van der Waals surface area contributed by atoms with E-state index in [0.29, 0.717) is 6.54 Å². The van der Waals surface area contributed by atoms with E-state index in [-0.39, 0.29) is 0 Å². The Morgan fingerprint density at radius 2 is 2.35 bits per heavy atom. The van der Waals surface area contributed by atoms with Crippen LogP contribution in [0, 0.1) is 0 Å². The minimum atomic E-state index is 0.639. The first-order valence-corrected chi connectivity index (χ1v) is 6.63. The molecule has 92 valence electrons. The van der Waals surface area contributed by atoms with Crippen molar-refractivity contribution in [3.05, 3.63) is 30.1 Å². The van der Waals surface area contributed by atoms with Crippen LogP contribution in [0.25, 0.3) is 5.65 Å². The van der Waals surface area contributed by atoms with Gasteiger partial charge >= 0.3 is 0 Å². The van der Waals surface area contributed by atoms with Crippen LogP contribution in [0.5, 0.6) is 0 Å². The summed E-state index contributed by atoms with van der Waals surface area (Å²) in [6.45, 7) is 1.38. The minimum Gasteiger partial charge on any atom is -0.384 e. The fraction of sp³-hybridized carbons (Fsp3) is 0.417. The number of methoxy groups -OCH3 is 1. The fourth-order valence-corrected chi connectivity index (χ4v) is 2.69. The Hall–Kier alpha value is -1.04. The van der Waals surface area contributed by atoms with Crippen LogP contribution in [0.4, 0.5) is 0 Å². The molecule has 5 heteroatoms. The molecule has 0 radical (unpaired) electrons. The van der Waals surface area contributed by atoms with Crippen molar-refractivity contribution in [2.45, 2.75) is 11.4 Å². The third kappa shape index (κ3) is 2.80. The maximum atomic E-state index is 5.66. The number of ether oxygens (including phenoxy) is 1. The lowest BCUT2D eigenvalue weighted by Gasteiger charge is -2.02. The highest BCUT2D eigenvalue weighted by molar-refractivity contribution is 7.99. The van der Waals surface area contributed by atoms with Crippen molar-refractivity contribution in [2.75, 3.05) is 26.0 Å². The summed E-state index contributed by atoms with van der Waals surface area (Å²) in [5.41, 5.74) is 7.84. The Bertz CT molecular complexity index is 484. The number of imidazole rings is 1. The Morgan fingerprint density at radius 1 is 1.47 bits per heavy atom. The molecule has 0 amide bonds. The zero-order valence-corrected chi connectivity index (χ0v) is 10.7. The molecule has 0 saturated carbocycles. The number of rotatable bonds is 6. The second-order valence-electron chi connectivity index (χ2n) is 3.67. The van der Waals surface area contributed by atoms with Gasteiger partial charge in [-0.05, 0) is 18.7 Å². The van der Waals surface area contributed by atoms with Gasteiger partial charge in [0.05, 0.1) is 12.3 Å². The summed E-state index contributed by atoms with van der Waals surface area (Å²) in [5.74, 6) is 0.915. The molecular weight excluding hydrogens is 234 g/mol. The van der Waals surface area contributed by atoms with Crippen molar-refractivity contribution >= 4 is 17.4 Å². The van der Waals surface area contributed by atoms with Crippen molar-refractivity contribution in [1.82, 2.24) is 9.38 Å². The smallest absolute Gasteiger partial charge is 0.138 e. The molecule has 17 heavy (non-hydrogen) atoms. The van der Waals surface area contributed by atoms with Crippen LogP contribution in [0.2, 0.25) is 0 Å². The molecule has 2 aromatic rings. The van der Waals surface area contributed by atoms with E-state index in [9.17, 15) is 0 Å². The maximum Gasteiger partial charge on any atom is 0.138 e. The summed E-state index contributed by atoms with van der Waals surface area (Å²) in [7, 11) is 1.71. The molecule has 0 aromatic carbocycles. The Morgan fingerprint density at radius 3 is 3.12 bits per heavy atom. The van der Waals surface area contributed by atoms with E-state index in [1.165, 1.54) is 5.69 Å². The molecule has 0 aliphatic carbocycles. The van der Waals surface area contributed by atoms with Crippen molar-refractivity contribution in [2.24, 2.45) is 5.73 Å². The molecule has 0 unspecified atom stereocenters. The van der Waals surface area contributed by atoms with Crippen LogP contribution < -0.4 is 5.73 Å². The van der Waals surface area contributed by atoms with Crippen molar-refractivity contribution in [1.29, 1.82) is 0 Å². The average Bonchev–Trinajstić information content (AvgIpc) is 2.69. The molecular formula is C12H17N3OS. The van der Waals surface area contributed by atoms with Crippen molar-refractivity contribution in [3.63, 3.8) is 0 Å². The molecule has 0 bridgehead atoms. The SMILES string of the molecule is COCCSc1nc2ccccn2c1CCN. The number of hydrogen-bond acceptors (Lipinski definition) is 4. The van der Waals surface area contributed by atoms with Crippen LogP contribution in [-0.2, 0) is 11.2 Å². The summed E-state index contributed by atoms with van der Waals surface area (Å²) >= 11 is 1.72. The number of nitrogens with zero attached hydrogens (tertiary/aromatic N) is 2. The molecule has 2 aromatic heterocycles. The van der Waals surface area contributed by atoms with Crippen LogP contribution in [-0.4, -0.2) is 35.4 Å². The molecule has 0 saturated heterocycles. The maximum absolute atomic E-state index is 5.66. The monoisotopic (exact) mass is 251 g/mol. The summed E-state index contributed by atoms with van der Waals surface area (Å²) < 4.78 is 7.17. The zero-order valence-electron chi connectivity index (χ0n) is 9.93. The van der Waals surface area contributed by atoms with E-state index < -0.39 is 0 Å². The van der Waals surface area contributed by atoms with Gasteiger partial charge in [-0.2, -0.15) is 0 Å². The van der Waals surface area contributed by atoms with E-state index in [0.717, 1.165) is 29.5 Å². The van der Waals surface area contributed by atoms with Gasteiger partial charge < -0.3 is 14.9 Å². The highest BCUT2D eigenvalue weighted by Gasteiger charge is 2.11. The van der Waals surface area contributed by atoms with E-state index in [4.69, 9.17) is 10.5 Å². The third-order valence-corrected chi connectivity index (χ3v) is 3.47. The molecule has 0 fully saturated rings. The number of fused-ring (bicyclic) bond motifs is 1. The number of nitrogens with two attached hydrogens (primary N) is 1. The lowest BCUT2D eigenvalue weighted by Crippen LogP contribution is -2.06. The number of hydrogen-bond donors (Lipinski definition) is 1. The zero-order chi connectivity index (χ0) is 12.1. The van der Waals surface area contributed by atoms with Crippen LogP contribution in [0.1, 0.15) is 5.69 Å². The Labute approximate surface area is 105 Å². The van der Waals surface area contributed by atoms with Gasteiger partial charge in [-0.15, -0.1) is 11.8 Å². The van der Waals surface area contributed by atoms with Gasteiger partial charge in [0.1, 0.15) is 10.7 Å². The first kappa shape index (κ1) is 12.4. The van der Waals surface area contributed by atoms with E-state index in [1.54, 1.807) is 18.9 Å². The summed E-state index contributed by atoms with van der Waals surface area (Å²) in [5, 5.41) is 1.07. The van der Waals surface area contributed by atoms with Gasteiger partial charge in [-0.1, -0.05) is 6.07 Å². The van der Waals surface area contributed by atoms with Gasteiger partial charge in [0.25, 0.3) is 0 Å². The van der Waals surface area contributed by atoms with Gasteiger partial charge in [-0.25, -0.2) is 4.98 Å². The Kier molecular flexibility index (Phi) is 4.42. The topological polar surface area (TPSA) is 52.5 Å². The average molecular weight is 251 g/mol. The molecule has 0 atom stereocenters. The highest BCUT2D eigenvalue weighted by Crippen LogP contribution is 2.23. The number of pyridine rings is 1. The third-order valence-electron chi connectivity index (χ3n) is 2.50. The van der Waals surface area contributed by atoms with E-state index in [1.807, 2.05) is 24.4 Å². The number of aromatic nitrogens is 2. The quantitative estimate of drug-likeness (QED) is 0.625. The van der Waals surface area contributed by atoms with Crippen LogP contribution >= 0.6 is 11.8 Å². The molecule has 0 aliphatic heterocycles. The lowest BCUT2D eigenvalue weighted by atomic mass is 10.3. The van der Waals surface area contributed by atoms with Crippen LogP contribution in [0.15, 0.2) is 29.4 Å². The first-order chi connectivity index (χ1) is 8.36. The van der Waals surface area contributed by atoms with Gasteiger partial charge in [0.15, 0.2) is 0 Å². The largest absolute Gasteiger partial charge is 0.384 e. The standard InChI is InChI=1S/C12H17N3OS/c1-16-8-9-17-12-10(5-6-13)15-7-3-2-4-11(15)14-12/h2-4,7H,5-6,8-9,13H2,1H3. The first-order valence-electron chi connectivity index (χ1n) is 5.64.